The third-order valence-corrected chi connectivity index (χ3v) is 4.45. The van der Waals surface area contributed by atoms with E-state index in [1.54, 1.807) is 18.4 Å². The van der Waals surface area contributed by atoms with E-state index < -0.39 is 0 Å². The van der Waals surface area contributed by atoms with E-state index in [1.165, 1.54) is 10.4 Å². The van der Waals surface area contributed by atoms with Crippen molar-refractivity contribution in [3.05, 3.63) is 51.7 Å². The van der Waals surface area contributed by atoms with Crippen LogP contribution in [0.5, 0.6) is 5.75 Å². The highest BCUT2D eigenvalue weighted by atomic mass is 32.1. The average molecular weight is 318 g/mol. The van der Waals surface area contributed by atoms with Gasteiger partial charge in [0.1, 0.15) is 5.75 Å². The van der Waals surface area contributed by atoms with Crippen LogP contribution in [0.3, 0.4) is 0 Å². The first-order valence-corrected chi connectivity index (χ1v) is 8.07. The molecule has 0 aliphatic carbocycles. The molecule has 0 aliphatic rings. The molecule has 1 aromatic carbocycles. The molecule has 1 N–H and O–H groups in total. The molecule has 2 aromatic rings. The van der Waals surface area contributed by atoms with E-state index in [0.717, 1.165) is 17.9 Å². The van der Waals surface area contributed by atoms with Crippen LogP contribution in [0, 0.1) is 6.92 Å². The number of rotatable bonds is 7. The molecule has 118 valence electrons. The van der Waals surface area contributed by atoms with Crippen LogP contribution in [0.4, 0.5) is 0 Å². The minimum atomic E-state index is 0.0347. The van der Waals surface area contributed by atoms with E-state index in [-0.39, 0.29) is 5.91 Å². The number of benzene rings is 1. The fourth-order valence-electron chi connectivity index (χ4n) is 2.11. The van der Waals surface area contributed by atoms with Crippen LogP contribution in [-0.2, 0) is 17.9 Å². The zero-order valence-corrected chi connectivity index (χ0v) is 14.1. The number of aryl methyl sites for hydroxylation is 1. The number of nitrogens with one attached hydrogen (secondary N) is 1. The first kappa shape index (κ1) is 16.5. The van der Waals surface area contributed by atoms with Crippen LogP contribution in [0.25, 0.3) is 0 Å². The summed E-state index contributed by atoms with van der Waals surface area (Å²) in [5.41, 5.74) is 2.35. The van der Waals surface area contributed by atoms with Crippen LogP contribution in [-0.4, -0.2) is 31.5 Å². The van der Waals surface area contributed by atoms with Crippen LogP contribution in [0.2, 0.25) is 0 Å². The molecule has 1 amide bonds. The second kappa shape index (κ2) is 7.96. The van der Waals surface area contributed by atoms with Gasteiger partial charge in [-0.1, -0.05) is 12.1 Å². The molecule has 0 radical (unpaired) electrons. The van der Waals surface area contributed by atoms with Gasteiger partial charge >= 0.3 is 0 Å². The van der Waals surface area contributed by atoms with Crippen LogP contribution < -0.4 is 10.1 Å². The van der Waals surface area contributed by atoms with Crippen molar-refractivity contribution in [3.8, 4) is 5.75 Å². The molecule has 0 saturated carbocycles. The van der Waals surface area contributed by atoms with Crippen molar-refractivity contribution >= 4 is 17.2 Å². The number of amides is 1. The molecular weight excluding hydrogens is 296 g/mol. The van der Waals surface area contributed by atoms with Gasteiger partial charge in [0.15, 0.2) is 0 Å². The molecule has 0 spiro atoms. The molecule has 2 rings (SSSR count). The summed E-state index contributed by atoms with van der Waals surface area (Å²) in [4.78, 5) is 15.3. The Bertz CT molecular complexity index is 607. The molecule has 0 atom stereocenters. The smallest absolute Gasteiger partial charge is 0.234 e. The number of nitrogens with zero attached hydrogens (tertiary/aromatic N) is 1. The summed E-state index contributed by atoms with van der Waals surface area (Å²) in [6.07, 6.45) is 0. The second-order valence-corrected chi connectivity index (χ2v) is 6.32. The van der Waals surface area contributed by atoms with Crippen LogP contribution in [0.1, 0.15) is 16.0 Å². The van der Waals surface area contributed by atoms with Crippen molar-refractivity contribution in [2.75, 3.05) is 20.7 Å². The van der Waals surface area contributed by atoms with Gasteiger partial charge < -0.3 is 10.1 Å². The van der Waals surface area contributed by atoms with Crippen LogP contribution >= 0.6 is 11.3 Å². The quantitative estimate of drug-likeness (QED) is 0.853. The Labute approximate surface area is 135 Å². The molecule has 4 nitrogen and oxygen atoms in total. The topological polar surface area (TPSA) is 41.6 Å². The first-order valence-electron chi connectivity index (χ1n) is 7.19. The Morgan fingerprint density at radius 1 is 1.27 bits per heavy atom. The number of likely N-dealkylation sites (N-methyl/N-ethyl adjacent to an activating group) is 1. The number of hydrogen-bond acceptors (Lipinski definition) is 4. The van der Waals surface area contributed by atoms with Gasteiger partial charge in [0.25, 0.3) is 0 Å². The maximum Gasteiger partial charge on any atom is 0.234 e. The number of carbonyl (C=O) groups excluding carboxylic acids is 1. The molecule has 5 heteroatoms. The van der Waals surface area contributed by atoms with Gasteiger partial charge in [-0.25, -0.2) is 0 Å². The molecule has 0 bridgehead atoms. The lowest BCUT2D eigenvalue weighted by molar-refractivity contribution is -0.122. The molecule has 0 unspecified atom stereocenters. The normalized spacial score (nSPS) is 10.7. The fraction of sp³-hybridized carbons (Fsp3) is 0.353. The van der Waals surface area contributed by atoms with Crippen molar-refractivity contribution in [3.63, 3.8) is 0 Å². The van der Waals surface area contributed by atoms with Crippen molar-refractivity contribution in [2.45, 2.75) is 20.0 Å². The summed E-state index contributed by atoms with van der Waals surface area (Å²) in [5, 5.41) is 5.03. The zero-order chi connectivity index (χ0) is 15.9. The molecular formula is C17H22N2O2S. The second-order valence-electron chi connectivity index (χ2n) is 5.32. The highest BCUT2D eigenvalue weighted by Gasteiger charge is 2.09. The molecule has 1 heterocycles. The van der Waals surface area contributed by atoms with Gasteiger partial charge in [0, 0.05) is 18.0 Å². The van der Waals surface area contributed by atoms with E-state index in [1.807, 2.05) is 36.2 Å². The van der Waals surface area contributed by atoms with Crippen molar-refractivity contribution in [1.29, 1.82) is 0 Å². The Hall–Kier alpha value is -1.85. The number of carbonyl (C=O) groups is 1. The summed E-state index contributed by atoms with van der Waals surface area (Å²) in [6.45, 7) is 3.84. The predicted molar refractivity (Wildman–Crippen MR) is 90.2 cm³/mol. The van der Waals surface area contributed by atoms with Gasteiger partial charge in [-0.15, -0.1) is 11.3 Å². The minimum absolute atomic E-state index is 0.0347. The summed E-state index contributed by atoms with van der Waals surface area (Å²) in [6, 6.07) is 9.81. The largest absolute Gasteiger partial charge is 0.497 e. The van der Waals surface area contributed by atoms with Crippen LogP contribution in [0.15, 0.2) is 35.7 Å². The van der Waals surface area contributed by atoms with Gasteiger partial charge in [0.05, 0.1) is 13.7 Å². The van der Waals surface area contributed by atoms with E-state index in [4.69, 9.17) is 4.74 Å². The lowest BCUT2D eigenvalue weighted by Crippen LogP contribution is -2.34. The average Bonchev–Trinajstić information content (AvgIpc) is 2.90. The third-order valence-electron chi connectivity index (χ3n) is 3.44. The Morgan fingerprint density at radius 3 is 2.59 bits per heavy atom. The van der Waals surface area contributed by atoms with E-state index >= 15 is 0 Å². The lowest BCUT2D eigenvalue weighted by Gasteiger charge is -2.16. The molecule has 1 aromatic heterocycles. The number of hydrogen-bond donors (Lipinski definition) is 1. The number of thiophene rings is 1. The third kappa shape index (κ3) is 4.86. The van der Waals surface area contributed by atoms with E-state index in [9.17, 15) is 4.79 Å². The lowest BCUT2D eigenvalue weighted by atomic mass is 10.2. The molecule has 22 heavy (non-hydrogen) atoms. The first-order chi connectivity index (χ1) is 10.6. The van der Waals surface area contributed by atoms with Crippen molar-refractivity contribution in [2.24, 2.45) is 0 Å². The van der Waals surface area contributed by atoms with Gasteiger partial charge in [-0.2, -0.15) is 0 Å². The summed E-state index contributed by atoms with van der Waals surface area (Å²) in [5.74, 6) is 0.855. The van der Waals surface area contributed by atoms with Crippen molar-refractivity contribution < 1.29 is 9.53 Å². The SMILES string of the molecule is COc1ccc(CNC(=O)CN(C)Cc2sccc2C)cc1. The summed E-state index contributed by atoms with van der Waals surface area (Å²) in [7, 11) is 3.61. The highest BCUT2D eigenvalue weighted by molar-refractivity contribution is 7.10. The maximum absolute atomic E-state index is 12.0. The monoisotopic (exact) mass is 318 g/mol. The fourth-order valence-corrected chi connectivity index (χ4v) is 3.10. The zero-order valence-electron chi connectivity index (χ0n) is 13.3. The Kier molecular flexibility index (Phi) is 5.98. The van der Waals surface area contributed by atoms with Gasteiger partial charge in [-0.3, -0.25) is 9.69 Å². The van der Waals surface area contributed by atoms with Gasteiger partial charge in [-0.05, 0) is 48.7 Å². The maximum atomic E-state index is 12.0. The Morgan fingerprint density at radius 2 is 2.00 bits per heavy atom. The molecule has 0 saturated heterocycles. The van der Waals surface area contributed by atoms with E-state index in [2.05, 4.69) is 23.7 Å². The van der Waals surface area contributed by atoms with E-state index in [0.29, 0.717) is 13.1 Å². The Balaban J connectivity index is 1.76. The standard InChI is InChI=1S/C17H22N2O2S/c1-13-8-9-22-16(13)11-19(2)12-17(20)18-10-14-4-6-15(21-3)7-5-14/h4-9H,10-12H2,1-3H3,(H,18,20). The number of methoxy groups -OCH3 is 1. The summed E-state index contributed by atoms with van der Waals surface area (Å²) >= 11 is 1.73. The molecule has 0 aliphatic heterocycles. The number of ether oxygens (including phenoxy) is 1. The van der Waals surface area contributed by atoms with Crippen molar-refractivity contribution in [1.82, 2.24) is 10.2 Å². The summed E-state index contributed by atoms with van der Waals surface area (Å²) < 4.78 is 5.11. The van der Waals surface area contributed by atoms with Gasteiger partial charge in [0.2, 0.25) is 5.91 Å². The predicted octanol–water partition coefficient (Wildman–Crippen LogP) is 2.81. The molecule has 0 fully saturated rings. The minimum Gasteiger partial charge on any atom is -0.497 e. The highest BCUT2D eigenvalue weighted by Crippen LogP contribution is 2.17.